The van der Waals surface area contributed by atoms with Gasteiger partial charge in [-0.3, -0.25) is 0 Å². The van der Waals surface area contributed by atoms with Crippen molar-refractivity contribution < 1.29 is 5.11 Å². The molecule has 394 valence electrons. The minimum atomic E-state index is -0.0153. The zero-order chi connectivity index (χ0) is 52.9. The lowest BCUT2D eigenvalue weighted by Gasteiger charge is -2.45. The van der Waals surface area contributed by atoms with E-state index in [1.807, 2.05) is 0 Å². The Hall–Kier alpha value is -5.06. The molecule has 2 saturated carbocycles. The van der Waals surface area contributed by atoms with Crippen LogP contribution in [0.25, 0.3) is 50.1 Å². The smallest absolute Gasteiger partial charge is 0.187 e. The Kier molecular flexibility index (Phi) is 20.1. The first-order chi connectivity index (χ1) is 36.4. The molecule has 2 fully saturated rings. The molecule has 0 amide bonds. The molecule has 2 heterocycles. The molecule has 2 aromatic heterocycles. The summed E-state index contributed by atoms with van der Waals surface area (Å²) in [4.78, 5) is 2.76. The minimum absolute atomic E-state index is 0.0153. The summed E-state index contributed by atoms with van der Waals surface area (Å²) in [6.45, 7) is 21.1. The highest BCUT2D eigenvalue weighted by atomic mass is 32.2. The molecular formula is C72H90OS2+2. The number of rotatable bonds is 14. The summed E-state index contributed by atoms with van der Waals surface area (Å²) >= 11 is 0. The Morgan fingerprint density at radius 1 is 0.507 bits per heavy atom. The van der Waals surface area contributed by atoms with Crippen LogP contribution in [0.2, 0.25) is 0 Å². The van der Waals surface area contributed by atoms with E-state index in [9.17, 15) is 0 Å². The number of aliphatic hydroxyl groups is 1. The van der Waals surface area contributed by atoms with Crippen LogP contribution in [0.15, 0.2) is 158 Å². The van der Waals surface area contributed by atoms with Gasteiger partial charge in [-0.15, -0.1) is 0 Å². The zero-order valence-electron chi connectivity index (χ0n) is 47.4. The SMILES string of the molecule is CCC1(C)CC2CCCC(C2)C1.CCCCCCCCc1cc(C(C)C)c(C)c(C(C)C)c1.Cc1ccc(-[s+]2c3ccccc3c3ccccc32)cc1.OCCc1ccc(-[s+]2c3ccccc3c3ccccc32)cc1. The molecule has 2 aliphatic rings. The Morgan fingerprint density at radius 3 is 1.33 bits per heavy atom. The molecule has 75 heavy (non-hydrogen) atoms. The summed E-state index contributed by atoms with van der Waals surface area (Å²) in [5, 5.41) is 14.6. The molecule has 2 aliphatic carbocycles. The van der Waals surface area contributed by atoms with Gasteiger partial charge in [-0.05, 0) is 182 Å². The molecule has 2 bridgehead atoms. The van der Waals surface area contributed by atoms with Crippen molar-refractivity contribution in [2.45, 2.75) is 170 Å². The van der Waals surface area contributed by atoms with E-state index in [1.165, 1.54) is 150 Å². The van der Waals surface area contributed by atoms with Crippen molar-refractivity contribution >= 4 is 61.3 Å². The number of fused-ring (bicyclic) bond motifs is 8. The molecular weight excluding hydrogens is 945 g/mol. The maximum absolute atomic E-state index is 9.06. The average molecular weight is 1040 g/mol. The minimum Gasteiger partial charge on any atom is -0.396 e. The van der Waals surface area contributed by atoms with Crippen LogP contribution in [0.3, 0.4) is 0 Å². The van der Waals surface area contributed by atoms with Crippen molar-refractivity contribution in [3.63, 3.8) is 0 Å². The second kappa shape index (κ2) is 26.8. The van der Waals surface area contributed by atoms with Gasteiger partial charge in [-0.25, -0.2) is 0 Å². The third-order valence-electron chi connectivity index (χ3n) is 16.7. The third kappa shape index (κ3) is 13.9. The number of aryl methyl sites for hydroxylation is 2. The Balaban J connectivity index is 0.000000135. The highest BCUT2D eigenvalue weighted by Crippen LogP contribution is 2.51. The maximum atomic E-state index is 9.06. The summed E-state index contributed by atoms with van der Waals surface area (Å²) in [6, 6.07) is 57.7. The van der Waals surface area contributed by atoms with Crippen LogP contribution < -0.4 is 0 Å². The summed E-state index contributed by atoms with van der Waals surface area (Å²) in [6.07, 6.45) is 20.9. The van der Waals surface area contributed by atoms with Crippen molar-refractivity contribution in [1.29, 1.82) is 0 Å². The van der Waals surface area contributed by atoms with Crippen molar-refractivity contribution in [3.8, 4) is 9.79 Å². The van der Waals surface area contributed by atoms with E-state index in [0.29, 0.717) is 17.3 Å². The van der Waals surface area contributed by atoms with Crippen LogP contribution in [-0.2, 0) is 12.8 Å². The lowest BCUT2D eigenvalue weighted by molar-refractivity contribution is 0.0658. The largest absolute Gasteiger partial charge is 0.396 e. The normalized spacial score (nSPS) is 17.2. The first-order valence-electron chi connectivity index (χ1n) is 29.2. The maximum Gasteiger partial charge on any atom is 0.187 e. The predicted octanol–water partition coefficient (Wildman–Crippen LogP) is 22.5. The molecule has 0 spiro atoms. The standard InChI is InChI=1S/C21H36.C20H17OS.C19H15S.C12H22/c1-7-8-9-10-11-12-13-19-14-20(16(2)3)18(6)21(15-19)17(4)5;21-14-13-15-9-11-16(12-10-15)22-19-7-3-1-5-17(19)18-6-2-4-8-20(18)22;1-14-10-12-15(13-11-14)20-18-8-4-2-6-16(18)17-7-3-5-9-19(17)20;1-3-12(2)8-10-5-4-6-11(7-10)9-12/h14-17H,7-13H2,1-6H3;1-12,21H,13-14H2;2-13H,1H3;10-11H,3-9H2,1-2H3/q;2*+1;. The Morgan fingerprint density at radius 2 is 0.920 bits per heavy atom. The van der Waals surface area contributed by atoms with E-state index in [4.69, 9.17) is 5.11 Å². The fourth-order valence-corrected chi connectivity index (χ4v) is 17.4. The van der Waals surface area contributed by atoms with Crippen LogP contribution in [0, 0.1) is 31.1 Å². The van der Waals surface area contributed by atoms with E-state index < -0.39 is 0 Å². The van der Waals surface area contributed by atoms with Gasteiger partial charge in [0.05, 0.1) is 0 Å². The van der Waals surface area contributed by atoms with Crippen molar-refractivity contribution in [2.75, 3.05) is 6.61 Å². The Bertz CT molecular complexity index is 3050. The van der Waals surface area contributed by atoms with Gasteiger partial charge in [0.15, 0.2) is 28.6 Å². The molecule has 2 atom stereocenters. The van der Waals surface area contributed by atoms with E-state index in [2.05, 4.69) is 220 Å². The first kappa shape index (κ1) is 56.2. The topological polar surface area (TPSA) is 20.2 Å². The van der Waals surface area contributed by atoms with E-state index in [1.54, 1.807) is 23.1 Å². The number of hydrogen-bond donors (Lipinski definition) is 1. The lowest BCUT2D eigenvalue weighted by Crippen LogP contribution is -2.33. The number of hydrogen-bond acceptors (Lipinski definition) is 1. The van der Waals surface area contributed by atoms with Gasteiger partial charge in [0.2, 0.25) is 0 Å². The third-order valence-corrected chi connectivity index (χ3v) is 21.4. The quantitative estimate of drug-likeness (QED) is 0.0850. The molecule has 1 nitrogen and oxygen atoms in total. The number of benzene rings is 7. The fraction of sp³-hybridized carbons (Fsp3) is 0.417. The van der Waals surface area contributed by atoms with Gasteiger partial charge in [-0.1, -0.05) is 197 Å². The summed E-state index contributed by atoms with van der Waals surface area (Å²) in [7, 11) is 0.0359. The second-order valence-corrected chi connectivity index (χ2v) is 27.2. The first-order valence-corrected chi connectivity index (χ1v) is 31.6. The summed E-state index contributed by atoms with van der Waals surface area (Å²) in [5.74, 6) is 3.46. The number of thiophene rings is 2. The highest BCUT2D eigenvalue weighted by molar-refractivity contribution is 7.50. The number of unbranched alkanes of at least 4 members (excludes halogenated alkanes) is 5. The summed E-state index contributed by atoms with van der Waals surface area (Å²) in [5.41, 5.74) is 9.42. The van der Waals surface area contributed by atoms with Gasteiger partial charge < -0.3 is 5.11 Å². The van der Waals surface area contributed by atoms with Gasteiger partial charge in [0.1, 0.15) is 0 Å². The summed E-state index contributed by atoms with van der Waals surface area (Å²) < 4.78 is 5.74. The van der Waals surface area contributed by atoms with Crippen molar-refractivity contribution in [1.82, 2.24) is 0 Å². The molecule has 0 saturated heterocycles. The predicted molar refractivity (Wildman–Crippen MR) is 336 cm³/mol. The van der Waals surface area contributed by atoms with Gasteiger partial charge in [0, 0.05) is 49.1 Å². The fourth-order valence-electron chi connectivity index (χ4n) is 12.6. The molecule has 0 radical (unpaired) electrons. The molecule has 7 aromatic carbocycles. The van der Waals surface area contributed by atoms with Crippen LogP contribution in [0.1, 0.15) is 177 Å². The molecule has 0 aliphatic heterocycles. The lowest BCUT2D eigenvalue weighted by atomic mass is 9.61. The second-order valence-electron chi connectivity index (χ2n) is 23.2. The van der Waals surface area contributed by atoms with Crippen molar-refractivity contribution in [2.24, 2.45) is 17.3 Å². The number of aliphatic hydroxyl groups excluding tert-OH is 1. The highest BCUT2D eigenvalue weighted by Gasteiger charge is 2.37. The molecule has 1 N–H and O–H groups in total. The molecule has 9 aromatic rings. The molecule has 11 rings (SSSR count). The van der Waals surface area contributed by atoms with E-state index in [0.717, 1.165) is 18.3 Å². The Labute approximate surface area is 458 Å². The molecule has 2 unspecified atom stereocenters. The van der Waals surface area contributed by atoms with Crippen LogP contribution >= 0.6 is 20.9 Å². The van der Waals surface area contributed by atoms with Gasteiger partial charge in [0.25, 0.3) is 0 Å². The average Bonchev–Trinajstić information content (AvgIpc) is 3.95. The van der Waals surface area contributed by atoms with Gasteiger partial charge in [-0.2, -0.15) is 0 Å². The monoisotopic (exact) mass is 1030 g/mol. The van der Waals surface area contributed by atoms with Crippen LogP contribution in [0.4, 0.5) is 0 Å². The molecule has 3 heteroatoms. The zero-order valence-corrected chi connectivity index (χ0v) is 49.0. The van der Waals surface area contributed by atoms with Crippen LogP contribution in [0.5, 0.6) is 0 Å². The van der Waals surface area contributed by atoms with Gasteiger partial charge >= 0.3 is 0 Å². The van der Waals surface area contributed by atoms with E-state index >= 15 is 0 Å². The van der Waals surface area contributed by atoms with Crippen molar-refractivity contribution in [3.05, 3.63) is 191 Å². The van der Waals surface area contributed by atoms with Crippen LogP contribution in [-0.4, -0.2) is 11.7 Å². The van der Waals surface area contributed by atoms with E-state index in [-0.39, 0.29) is 27.5 Å².